The zero-order valence-corrected chi connectivity index (χ0v) is 13.4. The van der Waals surface area contributed by atoms with Gasteiger partial charge >= 0.3 is 0 Å². The number of amides is 1. The van der Waals surface area contributed by atoms with Crippen molar-refractivity contribution in [3.63, 3.8) is 0 Å². The number of benzene rings is 1. The molecule has 1 aromatic carbocycles. The molecule has 24 heavy (non-hydrogen) atoms. The topological polar surface area (TPSA) is 49.6 Å². The van der Waals surface area contributed by atoms with Crippen LogP contribution in [0.2, 0.25) is 0 Å². The van der Waals surface area contributed by atoms with Gasteiger partial charge in [-0.1, -0.05) is 23.7 Å². The number of halogens is 1. The fourth-order valence-electron chi connectivity index (χ4n) is 3.67. The van der Waals surface area contributed by atoms with Crippen molar-refractivity contribution in [3.8, 4) is 11.3 Å². The van der Waals surface area contributed by atoms with Crippen molar-refractivity contribution >= 4 is 5.91 Å². The van der Waals surface area contributed by atoms with Crippen molar-refractivity contribution < 1.29 is 13.7 Å². The van der Waals surface area contributed by atoms with Crippen LogP contribution in [-0.2, 0) is 0 Å². The molecule has 0 N–H and O–H groups in total. The minimum atomic E-state index is -0.386. The van der Waals surface area contributed by atoms with E-state index in [4.69, 9.17) is 4.52 Å². The molecule has 2 aliphatic rings. The quantitative estimate of drug-likeness (QED) is 0.850. The zero-order valence-electron chi connectivity index (χ0n) is 13.4. The molecular weight excluding hydrogens is 309 g/mol. The first-order valence-electron chi connectivity index (χ1n) is 8.47. The van der Waals surface area contributed by atoms with E-state index in [0.717, 1.165) is 26.1 Å². The second-order valence-corrected chi connectivity index (χ2v) is 6.49. The first kappa shape index (κ1) is 15.3. The van der Waals surface area contributed by atoms with Crippen LogP contribution in [-0.4, -0.2) is 53.1 Å². The Labute approximate surface area is 140 Å². The zero-order chi connectivity index (χ0) is 16.5. The van der Waals surface area contributed by atoms with Gasteiger partial charge in [-0.15, -0.1) is 0 Å². The molecule has 0 aliphatic carbocycles. The Morgan fingerprint density at radius 1 is 1.21 bits per heavy atom. The number of hydrogen-bond donors (Lipinski definition) is 0. The van der Waals surface area contributed by atoms with Gasteiger partial charge < -0.3 is 9.42 Å². The molecule has 5 nitrogen and oxygen atoms in total. The summed E-state index contributed by atoms with van der Waals surface area (Å²) >= 11 is 0. The summed E-state index contributed by atoms with van der Waals surface area (Å²) in [6.45, 7) is 3.49. The van der Waals surface area contributed by atoms with Gasteiger partial charge in [0.25, 0.3) is 5.91 Å². The summed E-state index contributed by atoms with van der Waals surface area (Å²) in [6, 6.07) is 8.31. The van der Waals surface area contributed by atoms with Gasteiger partial charge in [0, 0.05) is 31.7 Å². The monoisotopic (exact) mass is 329 g/mol. The molecule has 2 aromatic rings. The fourth-order valence-corrected chi connectivity index (χ4v) is 3.67. The maximum Gasteiger partial charge on any atom is 0.276 e. The Kier molecular flexibility index (Phi) is 4.06. The summed E-state index contributed by atoms with van der Waals surface area (Å²) in [5, 5.41) is 3.87. The molecule has 1 atom stereocenters. The Morgan fingerprint density at radius 2 is 2.08 bits per heavy atom. The molecule has 2 fully saturated rings. The fraction of sp³-hybridized carbons (Fsp3) is 0.444. The molecule has 126 valence electrons. The van der Waals surface area contributed by atoms with E-state index in [0.29, 0.717) is 18.2 Å². The van der Waals surface area contributed by atoms with Gasteiger partial charge in [0.1, 0.15) is 5.82 Å². The first-order chi connectivity index (χ1) is 11.7. The Morgan fingerprint density at radius 3 is 2.96 bits per heavy atom. The normalized spacial score (nSPS) is 21.5. The summed E-state index contributed by atoms with van der Waals surface area (Å²) in [6.07, 6.45) is 3.62. The number of piperazine rings is 1. The first-order valence-corrected chi connectivity index (χ1v) is 8.47. The van der Waals surface area contributed by atoms with E-state index >= 15 is 0 Å². The highest BCUT2D eigenvalue weighted by molar-refractivity contribution is 5.93. The van der Waals surface area contributed by atoms with Crippen LogP contribution < -0.4 is 0 Å². The van der Waals surface area contributed by atoms with Crippen LogP contribution in [0, 0.1) is 5.82 Å². The van der Waals surface area contributed by atoms with Crippen molar-refractivity contribution in [2.45, 2.75) is 25.3 Å². The summed E-state index contributed by atoms with van der Waals surface area (Å²) in [5.41, 5.74) is 0.568. The number of carbonyl (C=O) groups is 1. The smallest absolute Gasteiger partial charge is 0.276 e. The van der Waals surface area contributed by atoms with Crippen LogP contribution in [0.5, 0.6) is 0 Å². The molecule has 2 aliphatic heterocycles. The lowest BCUT2D eigenvalue weighted by Crippen LogP contribution is -2.56. The number of rotatable bonds is 2. The van der Waals surface area contributed by atoms with E-state index in [-0.39, 0.29) is 23.2 Å². The number of piperidine rings is 1. The Hall–Kier alpha value is -2.21. The lowest BCUT2D eigenvalue weighted by molar-refractivity contribution is 0.0365. The molecule has 0 bridgehead atoms. The lowest BCUT2D eigenvalue weighted by Gasteiger charge is -2.43. The maximum atomic E-state index is 13.8. The molecule has 1 amide bonds. The van der Waals surface area contributed by atoms with Crippen molar-refractivity contribution in [1.29, 1.82) is 0 Å². The molecule has 0 unspecified atom stereocenters. The SMILES string of the molecule is O=C(c1cc(-c2ccccc2F)on1)N1CCN2CCCC[C@@H]2C1. The second kappa shape index (κ2) is 6.36. The second-order valence-electron chi connectivity index (χ2n) is 6.49. The minimum Gasteiger partial charge on any atom is -0.355 e. The van der Waals surface area contributed by atoms with Crippen LogP contribution in [0.15, 0.2) is 34.9 Å². The van der Waals surface area contributed by atoms with Gasteiger partial charge in [-0.3, -0.25) is 9.69 Å². The maximum absolute atomic E-state index is 13.8. The minimum absolute atomic E-state index is 0.133. The molecule has 1 aromatic heterocycles. The molecule has 6 heteroatoms. The molecule has 0 radical (unpaired) electrons. The summed E-state index contributed by atoms with van der Waals surface area (Å²) in [4.78, 5) is 17.0. The highest BCUT2D eigenvalue weighted by atomic mass is 19.1. The average molecular weight is 329 g/mol. The van der Waals surface area contributed by atoms with Crippen molar-refractivity contribution in [2.75, 3.05) is 26.2 Å². The molecule has 4 rings (SSSR count). The standard InChI is InChI=1S/C18H20FN3O2/c19-15-7-2-1-6-14(15)17-11-16(20-24-17)18(23)22-10-9-21-8-4-3-5-13(21)12-22/h1-2,6-7,11,13H,3-5,8-10,12H2/t13-/m1/s1. The molecule has 2 saturated heterocycles. The summed E-state index contributed by atoms with van der Waals surface area (Å²) in [5.74, 6) is -0.234. The van der Waals surface area contributed by atoms with Gasteiger partial charge in [0.15, 0.2) is 11.5 Å². The van der Waals surface area contributed by atoms with E-state index in [1.165, 1.54) is 25.0 Å². The lowest BCUT2D eigenvalue weighted by atomic mass is 9.99. The van der Waals surface area contributed by atoms with Crippen LogP contribution in [0.25, 0.3) is 11.3 Å². The molecular formula is C18H20FN3O2. The third kappa shape index (κ3) is 2.82. The number of aromatic nitrogens is 1. The van der Waals surface area contributed by atoms with Gasteiger partial charge in [0.2, 0.25) is 0 Å². The number of nitrogens with zero attached hydrogens (tertiary/aromatic N) is 3. The van der Waals surface area contributed by atoms with Crippen molar-refractivity contribution in [3.05, 3.63) is 41.8 Å². The van der Waals surface area contributed by atoms with Gasteiger partial charge in [-0.05, 0) is 31.5 Å². The van der Waals surface area contributed by atoms with Crippen molar-refractivity contribution in [1.82, 2.24) is 15.0 Å². The summed E-state index contributed by atoms with van der Waals surface area (Å²) < 4.78 is 19.0. The van der Waals surface area contributed by atoms with Gasteiger partial charge in [-0.2, -0.15) is 0 Å². The third-order valence-electron chi connectivity index (χ3n) is 4.99. The third-order valence-corrected chi connectivity index (χ3v) is 4.99. The highest BCUT2D eigenvalue weighted by Crippen LogP contribution is 2.25. The van der Waals surface area contributed by atoms with E-state index in [2.05, 4.69) is 10.1 Å². The van der Waals surface area contributed by atoms with E-state index in [1.807, 2.05) is 4.90 Å². The van der Waals surface area contributed by atoms with Crippen LogP contribution in [0.1, 0.15) is 29.8 Å². The Balaban J connectivity index is 1.50. The average Bonchev–Trinajstić information content (AvgIpc) is 3.11. The predicted octanol–water partition coefficient (Wildman–Crippen LogP) is 2.79. The number of carbonyl (C=O) groups excluding carboxylic acids is 1. The van der Waals surface area contributed by atoms with Gasteiger partial charge in [-0.25, -0.2) is 4.39 Å². The molecule has 3 heterocycles. The van der Waals surface area contributed by atoms with E-state index in [1.54, 1.807) is 18.2 Å². The van der Waals surface area contributed by atoms with E-state index in [9.17, 15) is 9.18 Å². The molecule has 0 spiro atoms. The molecule has 0 saturated carbocycles. The van der Waals surface area contributed by atoms with E-state index < -0.39 is 0 Å². The highest BCUT2D eigenvalue weighted by Gasteiger charge is 2.32. The van der Waals surface area contributed by atoms with Crippen molar-refractivity contribution in [2.24, 2.45) is 0 Å². The van der Waals surface area contributed by atoms with Crippen LogP contribution in [0.4, 0.5) is 4.39 Å². The van der Waals surface area contributed by atoms with Crippen LogP contribution in [0.3, 0.4) is 0 Å². The van der Waals surface area contributed by atoms with Gasteiger partial charge in [0.05, 0.1) is 5.56 Å². The largest absolute Gasteiger partial charge is 0.355 e. The number of hydrogen-bond acceptors (Lipinski definition) is 4. The van der Waals surface area contributed by atoms with Crippen LogP contribution >= 0.6 is 0 Å². The predicted molar refractivity (Wildman–Crippen MR) is 87.0 cm³/mol. The number of fused-ring (bicyclic) bond motifs is 1. The summed E-state index contributed by atoms with van der Waals surface area (Å²) in [7, 11) is 0. The Bertz CT molecular complexity index is 745.